The maximum atomic E-state index is 6.33. The van der Waals surface area contributed by atoms with Gasteiger partial charge in [-0.25, -0.2) is 4.99 Å². The molecule has 2 unspecified atom stereocenters. The Bertz CT molecular complexity index is 691. The fraction of sp³-hybridized carbons (Fsp3) is 0.471. The minimum Gasteiger partial charge on any atom is -0.463 e. The van der Waals surface area contributed by atoms with E-state index in [1.165, 1.54) is 0 Å². The zero-order valence-corrected chi connectivity index (χ0v) is 14.2. The molecule has 2 atom stereocenters. The van der Waals surface area contributed by atoms with Gasteiger partial charge in [0.1, 0.15) is 18.3 Å². The summed E-state index contributed by atoms with van der Waals surface area (Å²) in [5.74, 6) is 0. The Labute approximate surface area is 141 Å². The molecule has 0 saturated carbocycles. The molecule has 0 fully saturated rings. The van der Waals surface area contributed by atoms with Crippen molar-refractivity contribution in [2.75, 3.05) is 20.3 Å². The first-order chi connectivity index (χ1) is 11.5. The zero-order chi connectivity index (χ0) is 17.2. The summed E-state index contributed by atoms with van der Waals surface area (Å²) in [6.07, 6.45) is 4.49. The number of pyridine rings is 1. The molecule has 0 amide bonds. The summed E-state index contributed by atoms with van der Waals surface area (Å²) in [5.41, 5.74) is 9.64. The molecule has 0 aliphatic carbocycles. The smallest absolute Gasteiger partial charge is 0.291 e. The Hall–Kier alpha value is -2.25. The SMILES string of the molecule is COCCOC1=NC(C)(N)C2N=CC(Cc3ccc(C)nc3)=C2N1. The molecule has 3 N–H and O–H groups in total. The zero-order valence-electron chi connectivity index (χ0n) is 14.2. The number of amidine groups is 1. The number of aliphatic imine (C=N–C) groups is 2. The molecule has 0 saturated heterocycles. The summed E-state index contributed by atoms with van der Waals surface area (Å²) in [7, 11) is 1.63. The molecule has 3 rings (SSSR count). The molecule has 0 spiro atoms. The highest BCUT2D eigenvalue weighted by Crippen LogP contribution is 2.29. The molecular weight excluding hydrogens is 306 g/mol. The quantitative estimate of drug-likeness (QED) is 0.784. The van der Waals surface area contributed by atoms with Gasteiger partial charge < -0.3 is 20.5 Å². The van der Waals surface area contributed by atoms with Crippen LogP contribution in [0.5, 0.6) is 0 Å². The molecule has 3 heterocycles. The Morgan fingerprint density at radius 2 is 2.17 bits per heavy atom. The Morgan fingerprint density at radius 3 is 2.88 bits per heavy atom. The van der Waals surface area contributed by atoms with E-state index in [1.807, 2.05) is 32.3 Å². The van der Waals surface area contributed by atoms with E-state index in [9.17, 15) is 0 Å². The Balaban J connectivity index is 1.81. The normalized spacial score (nSPS) is 25.3. The number of nitrogens with zero attached hydrogens (tertiary/aromatic N) is 3. The number of hydrogen-bond donors (Lipinski definition) is 2. The number of methoxy groups -OCH3 is 1. The van der Waals surface area contributed by atoms with Crippen LogP contribution in [0.25, 0.3) is 0 Å². The lowest BCUT2D eigenvalue weighted by molar-refractivity contribution is 0.135. The second-order valence-electron chi connectivity index (χ2n) is 6.21. The van der Waals surface area contributed by atoms with Gasteiger partial charge >= 0.3 is 0 Å². The summed E-state index contributed by atoms with van der Waals surface area (Å²) in [6.45, 7) is 4.73. The van der Waals surface area contributed by atoms with E-state index in [4.69, 9.17) is 15.2 Å². The van der Waals surface area contributed by atoms with E-state index >= 15 is 0 Å². The molecule has 24 heavy (non-hydrogen) atoms. The molecule has 128 valence electrons. The molecule has 2 aliphatic heterocycles. The van der Waals surface area contributed by atoms with Gasteiger partial charge in [0.05, 0.1) is 12.3 Å². The monoisotopic (exact) mass is 329 g/mol. The maximum absolute atomic E-state index is 6.33. The Kier molecular flexibility index (Phi) is 4.64. The van der Waals surface area contributed by atoms with Gasteiger partial charge in [0, 0.05) is 31.6 Å². The fourth-order valence-electron chi connectivity index (χ4n) is 2.75. The highest BCUT2D eigenvalue weighted by atomic mass is 16.5. The van der Waals surface area contributed by atoms with Crippen LogP contribution < -0.4 is 11.1 Å². The Morgan fingerprint density at radius 1 is 1.33 bits per heavy atom. The summed E-state index contributed by atoms with van der Waals surface area (Å²) < 4.78 is 10.6. The number of nitrogens with two attached hydrogens (primary N) is 1. The maximum Gasteiger partial charge on any atom is 0.291 e. The van der Waals surface area contributed by atoms with Gasteiger partial charge in [-0.05, 0) is 31.1 Å². The van der Waals surface area contributed by atoms with E-state index in [0.717, 1.165) is 28.9 Å². The van der Waals surface area contributed by atoms with Crippen LogP contribution in [-0.4, -0.2) is 49.2 Å². The number of fused-ring (bicyclic) bond motifs is 1. The highest BCUT2D eigenvalue weighted by Gasteiger charge is 2.41. The van der Waals surface area contributed by atoms with Crippen LogP contribution in [0.2, 0.25) is 0 Å². The molecule has 2 aliphatic rings. The van der Waals surface area contributed by atoms with Crippen molar-refractivity contribution in [3.05, 3.63) is 40.9 Å². The predicted molar refractivity (Wildman–Crippen MR) is 93.0 cm³/mol. The topological polar surface area (TPSA) is 94.1 Å². The molecule has 1 aromatic heterocycles. The van der Waals surface area contributed by atoms with E-state index in [-0.39, 0.29) is 6.04 Å². The molecule has 7 nitrogen and oxygen atoms in total. The number of nitrogens with one attached hydrogen (secondary N) is 1. The summed E-state index contributed by atoms with van der Waals surface area (Å²) >= 11 is 0. The van der Waals surface area contributed by atoms with Crippen LogP contribution in [-0.2, 0) is 15.9 Å². The number of aryl methyl sites for hydroxylation is 1. The molecule has 0 aromatic carbocycles. The van der Waals surface area contributed by atoms with Crippen molar-refractivity contribution in [2.45, 2.75) is 32.0 Å². The van der Waals surface area contributed by atoms with Crippen LogP contribution >= 0.6 is 0 Å². The first-order valence-electron chi connectivity index (χ1n) is 7.95. The third-order valence-electron chi connectivity index (χ3n) is 4.03. The first kappa shape index (κ1) is 16.6. The third kappa shape index (κ3) is 3.47. The van der Waals surface area contributed by atoms with Crippen molar-refractivity contribution in [1.82, 2.24) is 10.3 Å². The van der Waals surface area contributed by atoms with Crippen LogP contribution in [0.4, 0.5) is 0 Å². The standard InChI is InChI=1S/C17H23N5O2/c1-11-4-5-12(9-19-11)8-13-10-20-15-14(13)21-16(22-17(15,2)18)24-7-6-23-3/h4-5,9-10,15H,6-8,18H2,1-3H3,(H,21,22). The van der Waals surface area contributed by atoms with Crippen LogP contribution in [0.15, 0.2) is 39.6 Å². The lowest BCUT2D eigenvalue weighted by atomic mass is 9.96. The van der Waals surface area contributed by atoms with E-state index in [2.05, 4.69) is 26.4 Å². The van der Waals surface area contributed by atoms with E-state index in [1.54, 1.807) is 7.11 Å². The lowest BCUT2D eigenvalue weighted by Gasteiger charge is -2.33. The van der Waals surface area contributed by atoms with Gasteiger partial charge in [0.15, 0.2) is 0 Å². The average Bonchev–Trinajstić information content (AvgIpc) is 2.93. The van der Waals surface area contributed by atoms with E-state index in [0.29, 0.717) is 19.2 Å². The van der Waals surface area contributed by atoms with Gasteiger partial charge in [-0.15, -0.1) is 0 Å². The minimum atomic E-state index is -0.841. The van der Waals surface area contributed by atoms with Gasteiger partial charge in [-0.2, -0.15) is 0 Å². The summed E-state index contributed by atoms with van der Waals surface area (Å²) in [6, 6.07) is 4.27. The number of ether oxygens (including phenoxy) is 2. The van der Waals surface area contributed by atoms with Crippen molar-refractivity contribution in [3.63, 3.8) is 0 Å². The number of aromatic nitrogens is 1. The number of rotatable bonds is 5. The molecule has 0 bridgehead atoms. The van der Waals surface area contributed by atoms with Gasteiger partial charge in [0.2, 0.25) is 0 Å². The van der Waals surface area contributed by atoms with Crippen LogP contribution in [0, 0.1) is 6.92 Å². The summed E-state index contributed by atoms with van der Waals surface area (Å²) in [5, 5.41) is 3.24. The van der Waals surface area contributed by atoms with Gasteiger partial charge in [-0.1, -0.05) is 6.07 Å². The fourth-order valence-corrected chi connectivity index (χ4v) is 2.75. The first-order valence-corrected chi connectivity index (χ1v) is 7.95. The van der Waals surface area contributed by atoms with Crippen molar-refractivity contribution in [1.29, 1.82) is 0 Å². The van der Waals surface area contributed by atoms with Gasteiger partial charge in [0.25, 0.3) is 6.02 Å². The summed E-state index contributed by atoms with van der Waals surface area (Å²) in [4.78, 5) is 13.3. The molecule has 0 radical (unpaired) electrons. The lowest BCUT2D eigenvalue weighted by Crippen LogP contribution is -2.54. The van der Waals surface area contributed by atoms with Crippen molar-refractivity contribution in [3.8, 4) is 0 Å². The van der Waals surface area contributed by atoms with Crippen LogP contribution in [0.1, 0.15) is 18.2 Å². The van der Waals surface area contributed by atoms with Crippen molar-refractivity contribution >= 4 is 12.2 Å². The van der Waals surface area contributed by atoms with Crippen molar-refractivity contribution in [2.24, 2.45) is 15.7 Å². The second-order valence-corrected chi connectivity index (χ2v) is 6.21. The third-order valence-corrected chi connectivity index (χ3v) is 4.03. The van der Waals surface area contributed by atoms with Gasteiger partial charge in [-0.3, -0.25) is 9.98 Å². The average molecular weight is 329 g/mol. The number of hydrogen-bond acceptors (Lipinski definition) is 7. The number of allylic oxidation sites excluding steroid dienone is 1. The van der Waals surface area contributed by atoms with Crippen LogP contribution in [0.3, 0.4) is 0 Å². The predicted octanol–water partition coefficient (Wildman–Crippen LogP) is 0.937. The minimum absolute atomic E-state index is 0.222. The van der Waals surface area contributed by atoms with Crippen molar-refractivity contribution < 1.29 is 9.47 Å². The molecule has 7 heteroatoms. The largest absolute Gasteiger partial charge is 0.463 e. The highest BCUT2D eigenvalue weighted by molar-refractivity contribution is 5.88. The second kappa shape index (κ2) is 6.70. The van der Waals surface area contributed by atoms with E-state index < -0.39 is 5.66 Å². The molecular formula is C17H23N5O2. The molecule has 1 aromatic rings.